The number of rotatable bonds is 7. The van der Waals surface area contributed by atoms with Gasteiger partial charge in [-0.05, 0) is 29.6 Å². The van der Waals surface area contributed by atoms with Crippen LogP contribution in [0.3, 0.4) is 0 Å². The van der Waals surface area contributed by atoms with E-state index in [-0.39, 0.29) is 11.9 Å². The second kappa shape index (κ2) is 8.85. The van der Waals surface area contributed by atoms with Crippen molar-refractivity contribution in [1.82, 2.24) is 0 Å². The van der Waals surface area contributed by atoms with Crippen LogP contribution in [0.25, 0.3) is 0 Å². The summed E-state index contributed by atoms with van der Waals surface area (Å²) in [6, 6.07) is 18.7. The molecular weight excluding hydrogens is 368 g/mol. The number of benzene rings is 2. The van der Waals surface area contributed by atoms with E-state index in [0.29, 0.717) is 16.5 Å². The van der Waals surface area contributed by atoms with Gasteiger partial charge in [0.2, 0.25) is 0 Å². The largest absolute Gasteiger partial charge is 0.495 e. The lowest BCUT2D eigenvalue weighted by atomic mass is 10.1. The summed E-state index contributed by atoms with van der Waals surface area (Å²) < 4.78 is 5.15. The number of methoxy groups -OCH3 is 1. The maximum absolute atomic E-state index is 12.9. The minimum Gasteiger partial charge on any atom is -0.495 e. The Morgan fingerprint density at radius 2 is 2.00 bits per heavy atom. The van der Waals surface area contributed by atoms with E-state index < -0.39 is 0 Å². The standard InChI is InChI=1S/C20H19ClN2O2S/c1-25-18-10-9-15(12-17(18)21)23-20(24)19(14-6-3-2-4-7-14)22-13-16-8-5-11-26-16/h2-12,19,22H,13H2,1H3,(H,23,24)/p+1/t19-/m1/s1. The van der Waals surface area contributed by atoms with Gasteiger partial charge in [0, 0.05) is 11.3 Å². The molecule has 1 heterocycles. The van der Waals surface area contributed by atoms with Gasteiger partial charge in [0.1, 0.15) is 12.3 Å². The lowest BCUT2D eigenvalue weighted by Crippen LogP contribution is -2.85. The number of amides is 1. The number of carbonyl (C=O) groups excluding carboxylic acids is 1. The number of anilines is 1. The SMILES string of the molecule is COc1ccc(NC(=O)[C@H]([NH2+]Cc2cccs2)c2ccccc2)cc1Cl. The lowest BCUT2D eigenvalue weighted by Gasteiger charge is -2.16. The maximum atomic E-state index is 12.9. The van der Waals surface area contributed by atoms with Crippen LogP contribution in [0.5, 0.6) is 5.75 Å². The number of nitrogens with one attached hydrogen (secondary N) is 1. The molecule has 0 aliphatic carbocycles. The third kappa shape index (κ3) is 4.64. The van der Waals surface area contributed by atoms with E-state index in [1.54, 1.807) is 36.6 Å². The molecule has 3 aromatic rings. The van der Waals surface area contributed by atoms with Gasteiger partial charge in [-0.1, -0.05) is 48.0 Å². The zero-order valence-corrected chi connectivity index (χ0v) is 15.9. The average molecular weight is 388 g/mol. The topological polar surface area (TPSA) is 54.9 Å². The fourth-order valence-corrected chi connectivity index (χ4v) is 3.62. The molecule has 3 N–H and O–H groups in total. The minimum atomic E-state index is -0.348. The highest BCUT2D eigenvalue weighted by atomic mass is 35.5. The molecule has 0 aliphatic heterocycles. The van der Waals surface area contributed by atoms with Crippen LogP contribution in [0, 0.1) is 0 Å². The first kappa shape index (κ1) is 18.5. The van der Waals surface area contributed by atoms with Crippen LogP contribution < -0.4 is 15.4 Å². The molecule has 4 nitrogen and oxygen atoms in total. The number of hydrogen-bond acceptors (Lipinski definition) is 3. The Hall–Kier alpha value is -2.34. The molecule has 1 aromatic heterocycles. The zero-order chi connectivity index (χ0) is 18.4. The fraction of sp³-hybridized carbons (Fsp3) is 0.150. The third-order valence-electron chi connectivity index (χ3n) is 4.00. The van der Waals surface area contributed by atoms with Crippen molar-refractivity contribution >= 4 is 34.5 Å². The van der Waals surface area contributed by atoms with E-state index in [1.165, 1.54) is 4.88 Å². The van der Waals surface area contributed by atoms with Crippen LogP contribution in [-0.4, -0.2) is 13.0 Å². The van der Waals surface area contributed by atoms with Crippen LogP contribution in [0.1, 0.15) is 16.5 Å². The molecule has 26 heavy (non-hydrogen) atoms. The minimum absolute atomic E-state index is 0.0889. The van der Waals surface area contributed by atoms with Crippen molar-refractivity contribution in [1.29, 1.82) is 0 Å². The highest BCUT2D eigenvalue weighted by molar-refractivity contribution is 7.09. The fourth-order valence-electron chi connectivity index (χ4n) is 2.68. The van der Waals surface area contributed by atoms with Gasteiger partial charge in [-0.15, -0.1) is 11.3 Å². The smallest absolute Gasteiger partial charge is 0.287 e. The van der Waals surface area contributed by atoms with Crippen LogP contribution in [-0.2, 0) is 11.3 Å². The van der Waals surface area contributed by atoms with Crippen LogP contribution in [0.15, 0.2) is 66.0 Å². The van der Waals surface area contributed by atoms with Gasteiger partial charge < -0.3 is 15.4 Å². The van der Waals surface area contributed by atoms with Gasteiger partial charge in [-0.25, -0.2) is 0 Å². The molecule has 134 valence electrons. The van der Waals surface area contributed by atoms with E-state index in [1.807, 2.05) is 47.1 Å². The molecule has 0 unspecified atom stereocenters. The van der Waals surface area contributed by atoms with E-state index in [2.05, 4.69) is 11.4 Å². The van der Waals surface area contributed by atoms with E-state index >= 15 is 0 Å². The van der Waals surface area contributed by atoms with Crippen molar-refractivity contribution in [3.05, 3.63) is 81.5 Å². The number of ether oxygens (including phenoxy) is 1. The van der Waals surface area contributed by atoms with Gasteiger partial charge >= 0.3 is 0 Å². The maximum Gasteiger partial charge on any atom is 0.287 e. The Morgan fingerprint density at radius 1 is 1.19 bits per heavy atom. The zero-order valence-electron chi connectivity index (χ0n) is 14.3. The Labute approximate surface area is 161 Å². The first-order valence-corrected chi connectivity index (χ1v) is 9.48. The molecule has 3 rings (SSSR count). The molecule has 2 aromatic carbocycles. The van der Waals surface area contributed by atoms with E-state index in [4.69, 9.17) is 16.3 Å². The number of nitrogens with two attached hydrogens (primary N) is 1. The Kier molecular flexibility index (Phi) is 6.28. The first-order chi connectivity index (χ1) is 12.7. The van der Waals surface area contributed by atoms with Gasteiger partial charge in [-0.3, -0.25) is 4.79 Å². The molecule has 0 bridgehead atoms. The second-order valence-electron chi connectivity index (χ2n) is 5.75. The molecule has 0 saturated carbocycles. The number of hydrogen-bond donors (Lipinski definition) is 2. The molecule has 0 fully saturated rings. The second-order valence-corrected chi connectivity index (χ2v) is 7.19. The van der Waals surface area contributed by atoms with Gasteiger partial charge in [-0.2, -0.15) is 0 Å². The molecule has 1 atom stereocenters. The number of thiophene rings is 1. The van der Waals surface area contributed by atoms with Gasteiger partial charge in [0.25, 0.3) is 5.91 Å². The summed E-state index contributed by atoms with van der Waals surface area (Å²) in [6.45, 7) is 0.744. The highest BCUT2D eigenvalue weighted by Crippen LogP contribution is 2.27. The summed E-state index contributed by atoms with van der Waals surface area (Å²) in [5.74, 6) is 0.488. The molecule has 1 amide bonds. The molecule has 0 spiro atoms. The predicted molar refractivity (Wildman–Crippen MR) is 106 cm³/mol. The van der Waals surface area contributed by atoms with Crippen molar-refractivity contribution in [2.75, 3.05) is 12.4 Å². The van der Waals surface area contributed by atoms with E-state index in [9.17, 15) is 4.79 Å². The highest BCUT2D eigenvalue weighted by Gasteiger charge is 2.24. The quantitative estimate of drug-likeness (QED) is 0.646. The van der Waals surface area contributed by atoms with Crippen molar-refractivity contribution < 1.29 is 14.8 Å². The molecule has 6 heteroatoms. The number of carbonyl (C=O) groups is 1. The molecule has 0 saturated heterocycles. The number of halogens is 1. The predicted octanol–water partition coefficient (Wildman–Crippen LogP) is 3.85. The monoisotopic (exact) mass is 387 g/mol. The summed E-state index contributed by atoms with van der Waals surface area (Å²) in [4.78, 5) is 14.2. The van der Waals surface area contributed by atoms with Crippen LogP contribution >= 0.6 is 22.9 Å². The summed E-state index contributed by atoms with van der Waals surface area (Å²) in [5, 5.41) is 7.50. The van der Waals surface area contributed by atoms with Gasteiger partial charge in [0.05, 0.1) is 17.0 Å². The van der Waals surface area contributed by atoms with Crippen molar-refractivity contribution in [3.63, 3.8) is 0 Å². The lowest BCUT2D eigenvalue weighted by molar-refractivity contribution is -0.697. The molecular formula is C20H20ClN2O2S+. The van der Waals surface area contributed by atoms with Crippen LogP contribution in [0.2, 0.25) is 5.02 Å². The molecule has 0 radical (unpaired) electrons. The summed E-state index contributed by atoms with van der Waals surface area (Å²) >= 11 is 7.84. The Morgan fingerprint density at radius 3 is 2.65 bits per heavy atom. The van der Waals surface area contributed by atoms with Gasteiger partial charge in [0.15, 0.2) is 6.04 Å². The van der Waals surface area contributed by atoms with Crippen molar-refractivity contribution in [2.45, 2.75) is 12.6 Å². The Bertz CT molecular complexity index is 854. The summed E-state index contributed by atoms with van der Waals surface area (Å²) in [7, 11) is 1.56. The van der Waals surface area contributed by atoms with Crippen LogP contribution in [0.4, 0.5) is 5.69 Å². The third-order valence-corrected chi connectivity index (χ3v) is 5.19. The first-order valence-electron chi connectivity index (χ1n) is 8.22. The summed E-state index contributed by atoms with van der Waals surface area (Å²) in [6.07, 6.45) is 0. The van der Waals surface area contributed by atoms with Crippen molar-refractivity contribution in [2.24, 2.45) is 0 Å². The summed E-state index contributed by atoms with van der Waals surface area (Å²) in [5.41, 5.74) is 1.60. The Balaban J connectivity index is 1.76. The number of quaternary nitrogens is 1. The normalized spacial score (nSPS) is 11.8. The average Bonchev–Trinajstić information content (AvgIpc) is 3.16. The van der Waals surface area contributed by atoms with Crippen molar-refractivity contribution in [3.8, 4) is 5.75 Å². The molecule has 0 aliphatic rings. The van der Waals surface area contributed by atoms with E-state index in [0.717, 1.165) is 12.1 Å².